The molecule has 6 nitrogen and oxygen atoms in total. The topological polar surface area (TPSA) is 63.4 Å². The highest BCUT2D eigenvalue weighted by molar-refractivity contribution is 6.31. The van der Waals surface area contributed by atoms with Crippen molar-refractivity contribution in [3.8, 4) is 0 Å². The second-order valence-electron chi connectivity index (χ2n) is 6.75. The van der Waals surface area contributed by atoms with E-state index in [4.69, 9.17) is 11.6 Å². The molecule has 0 aliphatic heterocycles. The van der Waals surface area contributed by atoms with Gasteiger partial charge in [-0.2, -0.15) is 0 Å². The Morgan fingerprint density at radius 1 is 1.14 bits per heavy atom. The van der Waals surface area contributed by atoms with E-state index in [0.717, 1.165) is 22.2 Å². The monoisotopic (exact) mass is 391 g/mol. The SMILES string of the molecule is CN(C)C=Nc1ccc(Cn2cnc3nc4ccc(Cl)cc4cc3c2=O)cc1. The average molecular weight is 392 g/mol. The minimum atomic E-state index is -0.130. The second kappa shape index (κ2) is 7.40. The minimum Gasteiger partial charge on any atom is -0.369 e. The Labute approximate surface area is 166 Å². The van der Waals surface area contributed by atoms with Crippen molar-refractivity contribution in [3.05, 3.63) is 75.8 Å². The number of rotatable bonds is 4. The lowest BCUT2D eigenvalue weighted by atomic mass is 10.2. The lowest BCUT2D eigenvalue weighted by Gasteiger charge is -2.08. The molecule has 0 amide bonds. The first-order chi connectivity index (χ1) is 13.5. The van der Waals surface area contributed by atoms with Crippen molar-refractivity contribution in [1.82, 2.24) is 19.4 Å². The van der Waals surface area contributed by atoms with E-state index < -0.39 is 0 Å². The van der Waals surface area contributed by atoms with Crippen LogP contribution in [0.5, 0.6) is 0 Å². The van der Waals surface area contributed by atoms with Crippen LogP contribution in [0.2, 0.25) is 5.02 Å². The van der Waals surface area contributed by atoms with Gasteiger partial charge in [-0.1, -0.05) is 23.7 Å². The average Bonchev–Trinajstić information content (AvgIpc) is 2.68. The number of halogens is 1. The first-order valence-corrected chi connectivity index (χ1v) is 9.12. The molecule has 0 saturated heterocycles. The van der Waals surface area contributed by atoms with Crippen LogP contribution in [0.1, 0.15) is 5.56 Å². The molecular formula is C21H18ClN5O. The molecule has 140 valence electrons. The van der Waals surface area contributed by atoms with Crippen LogP contribution in [0.15, 0.2) is 64.6 Å². The van der Waals surface area contributed by atoms with Crippen molar-refractivity contribution in [3.63, 3.8) is 0 Å². The molecule has 7 heteroatoms. The molecule has 2 aromatic carbocycles. The van der Waals surface area contributed by atoms with Crippen LogP contribution >= 0.6 is 11.6 Å². The number of nitrogens with zero attached hydrogens (tertiary/aromatic N) is 5. The highest BCUT2D eigenvalue weighted by Gasteiger charge is 2.08. The van der Waals surface area contributed by atoms with Gasteiger partial charge in [-0.25, -0.2) is 15.0 Å². The molecule has 0 atom stereocenters. The van der Waals surface area contributed by atoms with Gasteiger partial charge in [0.15, 0.2) is 5.65 Å². The highest BCUT2D eigenvalue weighted by Crippen LogP contribution is 2.20. The zero-order valence-electron chi connectivity index (χ0n) is 15.5. The fraction of sp³-hybridized carbons (Fsp3) is 0.143. The maximum atomic E-state index is 12.9. The fourth-order valence-corrected chi connectivity index (χ4v) is 3.08. The van der Waals surface area contributed by atoms with Gasteiger partial charge in [-0.15, -0.1) is 0 Å². The summed E-state index contributed by atoms with van der Waals surface area (Å²) in [6, 6.07) is 15.0. The number of fused-ring (bicyclic) bond motifs is 2. The summed E-state index contributed by atoms with van der Waals surface area (Å²) in [6.45, 7) is 0.424. The predicted molar refractivity (Wildman–Crippen MR) is 114 cm³/mol. The molecule has 0 bridgehead atoms. The van der Waals surface area contributed by atoms with Crippen LogP contribution in [0.4, 0.5) is 5.69 Å². The van der Waals surface area contributed by atoms with E-state index in [0.29, 0.717) is 22.6 Å². The third-order valence-corrected chi connectivity index (χ3v) is 4.53. The van der Waals surface area contributed by atoms with E-state index in [1.165, 1.54) is 6.33 Å². The molecule has 2 heterocycles. The van der Waals surface area contributed by atoms with E-state index in [1.807, 2.05) is 49.3 Å². The molecule has 0 fully saturated rings. The molecule has 4 aromatic rings. The molecule has 0 saturated carbocycles. The molecule has 2 aromatic heterocycles. The Hall–Kier alpha value is -3.25. The van der Waals surface area contributed by atoms with E-state index in [2.05, 4.69) is 15.0 Å². The third kappa shape index (κ3) is 3.73. The van der Waals surface area contributed by atoms with Gasteiger partial charge in [0.1, 0.15) is 6.33 Å². The summed E-state index contributed by atoms with van der Waals surface area (Å²) in [4.78, 5) is 28.0. The summed E-state index contributed by atoms with van der Waals surface area (Å²) in [7, 11) is 3.84. The van der Waals surface area contributed by atoms with Crippen LogP contribution in [0.25, 0.3) is 21.9 Å². The van der Waals surface area contributed by atoms with Gasteiger partial charge in [-0.3, -0.25) is 9.36 Å². The fourth-order valence-electron chi connectivity index (χ4n) is 2.90. The van der Waals surface area contributed by atoms with Crippen LogP contribution in [0, 0.1) is 0 Å². The normalized spacial score (nSPS) is 11.5. The molecule has 0 N–H and O–H groups in total. The van der Waals surface area contributed by atoms with Crippen molar-refractivity contribution in [1.29, 1.82) is 0 Å². The first-order valence-electron chi connectivity index (χ1n) is 8.74. The second-order valence-corrected chi connectivity index (χ2v) is 7.19. The van der Waals surface area contributed by atoms with E-state index in [1.54, 1.807) is 29.1 Å². The van der Waals surface area contributed by atoms with Gasteiger partial charge in [-0.05, 0) is 42.0 Å². The van der Waals surface area contributed by atoms with Crippen LogP contribution in [-0.4, -0.2) is 39.9 Å². The summed E-state index contributed by atoms with van der Waals surface area (Å²) in [5, 5.41) is 1.90. The molecule has 0 unspecified atom stereocenters. The van der Waals surface area contributed by atoms with E-state index in [-0.39, 0.29) is 5.56 Å². The lowest BCUT2D eigenvalue weighted by molar-refractivity contribution is 0.643. The molecular weight excluding hydrogens is 374 g/mol. The summed E-state index contributed by atoms with van der Waals surface area (Å²) in [5.74, 6) is 0. The van der Waals surface area contributed by atoms with Gasteiger partial charge >= 0.3 is 0 Å². The third-order valence-electron chi connectivity index (χ3n) is 4.29. The maximum absolute atomic E-state index is 12.9. The number of hydrogen-bond acceptors (Lipinski definition) is 4. The lowest BCUT2D eigenvalue weighted by Crippen LogP contribution is -2.21. The Kier molecular flexibility index (Phi) is 4.79. The van der Waals surface area contributed by atoms with Crippen molar-refractivity contribution in [2.24, 2.45) is 4.99 Å². The summed E-state index contributed by atoms with van der Waals surface area (Å²) >= 11 is 6.06. The number of hydrogen-bond donors (Lipinski definition) is 0. The molecule has 0 aliphatic rings. The van der Waals surface area contributed by atoms with Crippen molar-refractivity contribution < 1.29 is 0 Å². The zero-order valence-corrected chi connectivity index (χ0v) is 16.3. The minimum absolute atomic E-state index is 0.130. The van der Waals surface area contributed by atoms with Crippen molar-refractivity contribution in [2.75, 3.05) is 14.1 Å². The quantitative estimate of drug-likeness (QED) is 0.301. The Bertz CT molecular complexity index is 1250. The number of pyridine rings is 1. The molecule has 0 aliphatic carbocycles. The summed E-state index contributed by atoms with van der Waals surface area (Å²) in [5.41, 5.74) is 2.91. The van der Waals surface area contributed by atoms with Gasteiger partial charge < -0.3 is 4.90 Å². The molecule has 4 rings (SSSR count). The predicted octanol–water partition coefficient (Wildman–Crippen LogP) is 3.87. The van der Waals surface area contributed by atoms with Gasteiger partial charge in [0, 0.05) is 24.5 Å². The standard InChI is InChI=1S/C21H18ClN5O/c1-26(2)12-23-17-6-3-14(4-7-17)11-27-13-24-20-18(21(27)28)10-15-9-16(22)5-8-19(15)25-20/h3-10,12-13H,11H2,1-2H3. The molecule has 28 heavy (non-hydrogen) atoms. The number of aliphatic imine (C=N–C) groups is 1. The summed E-state index contributed by atoms with van der Waals surface area (Å²) < 4.78 is 1.58. The van der Waals surface area contributed by atoms with Crippen LogP contribution in [0.3, 0.4) is 0 Å². The van der Waals surface area contributed by atoms with Crippen molar-refractivity contribution >= 4 is 45.6 Å². The number of benzene rings is 2. The Morgan fingerprint density at radius 3 is 2.68 bits per heavy atom. The summed E-state index contributed by atoms with van der Waals surface area (Å²) in [6.07, 6.45) is 3.29. The largest absolute Gasteiger partial charge is 0.369 e. The van der Waals surface area contributed by atoms with Crippen LogP contribution < -0.4 is 5.56 Å². The maximum Gasteiger partial charge on any atom is 0.263 e. The molecule has 0 spiro atoms. The zero-order chi connectivity index (χ0) is 19.7. The van der Waals surface area contributed by atoms with Gasteiger partial charge in [0.2, 0.25) is 0 Å². The Balaban J connectivity index is 1.68. The number of aromatic nitrogens is 3. The first kappa shape index (κ1) is 18.1. The Morgan fingerprint density at radius 2 is 1.93 bits per heavy atom. The highest BCUT2D eigenvalue weighted by atomic mass is 35.5. The molecule has 0 radical (unpaired) electrons. The van der Waals surface area contributed by atoms with Gasteiger partial charge in [0.05, 0.1) is 29.5 Å². The smallest absolute Gasteiger partial charge is 0.263 e. The van der Waals surface area contributed by atoms with E-state index in [9.17, 15) is 4.79 Å². The van der Waals surface area contributed by atoms with Crippen LogP contribution in [-0.2, 0) is 6.54 Å². The van der Waals surface area contributed by atoms with E-state index >= 15 is 0 Å². The van der Waals surface area contributed by atoms with Crippen molar-refractivity contribution in [2.45, 2.75) is 6.54 Å². The van der Waals surface area contributed by atoms with Gasteiger partial charge in [0.25, 0.3) is 5.56 Å².